The molecule has 0 spiro atoms. The zero-order valence-corrected chi connectivity index (χ0v) is 19.4. The Morgan fingerprint density at radius 1 is 1.23 bits per heavy atom. The molecule has 0 unspecified atom stereocenters. The average Bonchev–Trinajstić information content (AvgIpc) is 2.77. The molecule has 1 N–H and O–H groups in total. The quantitative estimate of drug-likeness (QED) is 0.669. The van der Waals surface area contributed by atoms with Gasteiger partial charge in [0.2, 0.25) is 0 Å². The summed E-state index contributed by atoms with van der Waals surface area (Å²) in [6.45, 7) is 9.00. The van der Waals surface area contributed by atoms with Crippen molar-refractivity contribution in [3.05, 3.63) is 46.6 Å². The molecule has 0 radical (unpaired) electrons. The minimum Gasteiger partial charge on any atom is -0.493 e. The summed E-state index contributed by atoms with van der Waals surface area (Å²) in [6, 6.07) is 7.25. The van der Waals surface area contributed by atoms with Gasteiger partial charge in [0, 0.05) is 44.5 Å². The van der Waals surface area contributed by atoms with E-state index in [9.17, 15) is 4.79 Å². The summed E-state index contributed by atoms with van der Waals surface area (Å²) in [5, 5.41) is 3.26. The van der Waals surface area contributed by atoms with Crippen LogP contribution in [0.2, 0.25) is 5.02 Å². The van der Waals surface area contributed by atoms with Gasteiger partial charge in [0.15, 0.2) is 11.5 Å². The van der Waals surface area contributed by atoms with Gasteiger partial charge in [-0.3, -0.25) is 4.79 Å². The van der Waals surface area contributed by atoms with Gasteiger partial charge < -0.3 is 24.6 Å². The van der Waals surface area contributed by atoms with E-state index in [-0.39, 0.29) is 5.91 Å². The minimum absolute atomic E-state index is 0.237. The number of carbonyl (C=O) groups excluding carboxylic acids is 1. The number of pyridine rings is 1. The van der Waals surface area contributed by atoms with E-state index in [0.29, 0.717) is 41.2 Å². The maximum Gasteiger partial charge on any atom is 0.251 e. The number of halogens is 1. The Kier molecular flexibility index (Phi) is 7.98. The van der Waals surface area contributed by atoms with Crippen molar-refractivity contribution in [3.63, 3.8) is 0 Å². The molecule has 3 rings (SSSR count). The molecule has 1 aromatic carbocycles. The SMILES string of the molecule is COc1cc(C(=O)NCc2ccc(N3CCN(C)CC3)nc2)cc(Cl)c1OCC(C)C. The maximum atomic E-state index is 12.7. The highest BCUT2D eigenvalue weighted by molar-refractivity contribution is 6.32. The van der Waals surface area contributed by atoms with Gasteiger partial charge in [0.1, 0.15) is 5.82 Å². The fourth-order valence-electron chi connectivity index (χ4n) is 3.27. The largest absolute Gasteiger partial charge is 0.493 e. The number of hydrogen-bond donors (Lipinski definition) is 1. The van der Waals surface area contributed by atoms with Crippen LogP contribution in [-0.4, -0.2) is 62.7 Å². The lowest BCUT2D eigenvalue weighted by Crippen LogP contribution is -2.44. The second-order valence-corrected chi connectivity index (χ2v) is 8.60. The lowest BCUT2D eigenvalue weighted by atomic mass is 10.1. The number of carbonyl (C=O) groups is 1. The standard InChI is InChI=1S/C23H31ClN4O3/c1-16(2)15-31-22-19(24)11-18(12-20(22)30-4)23(29)26-14-17-5-6-21(25-13-17)28-9-7-27(3)8-10-28/h5-6,11-13,16H,7-10,14-15H2,1-4H3,(H,26,29). The highest BCUT2D eigenvalue weighted by Crippen LogP contribution is 2.36. The molecule has 0 atom stereocenters. The normalized spacial score (nSPS) is 14.6. The first-order chi connectivity index (χ1) is 14.9. The monoisotopic (exact) mass is 446 g/mol. The molecule has 168 valence electrons. The van der Waals surface area contributed by atoms with Crippen LogP contribution in [0.3, 0.4) is 0 Å². The predicted octanol–water partition coefficient (Wildman–Crippen LogP) is 3.46. The van der Waals surface area contributed by atoms with Crippen molar-refractivity contribution in [2.75, 3.05) is 51.8 Å². The summed E-state index contributed by atoms with van der Waals surface area (Å²) in [5.74, 6) is 1.98. The van der Waals surface area contributed by atoms with Gasteiger partial charge in [-0.2, -0.15) is 0 Å². The molecule has 1 aliphatic rings. The molecule has 1 amide bonds. The van der Waals surface area contributed by atoms with Gasteiger partial charge in [0.25, 0.3) is 5.91 Å². The fourth-order valence-corrected chi connectivity index (χ4v) is 3.53. The molecule has 0 saturated carbocycles. The molecule has 0 aliphatic carbocycles. The molecule has 7 nitrogen and oxygen atoms in total. The average molecular weight is 447 g/mol. The number of amides is 1. The number of nitrogens with zero attached hydrogens (tertiary/aromatic N) is 3. The van der Waals surface area contributed by atoms with E-state index < -0.39 is 0 Å². The zero-order chi connectivity index (χ0) is 22.4. The molecule has 2 aromatic rings. The Morgan fingerprint density at radius 3 is 2.58 bits per heavy atom. The van der Waals surface area contributed by atoms with E-state index in [1.165, 1.54) is 7.11 Å². The Morgan fingerprint density at radius 2 is 1.97 bits per heavy atom. The number of aromatic nitrogens is 1. The number of methoxy groups -OCH3 is 1. The molecular formula is C23H31ClN4O3. The fraction of sp³-hybridized carbons (Fsp3) is 0.478. The molecule has 0 bridgehead atoms. The van der Waals surface area contributed by atoms with Crippen molar-refractivity contribution in [2.24, 2.45) is 5.92 Å². The Labute approximate surface area is 189 Å². The number of rotatable bonds is 8. The number of nitrogens with one attached hydrogen (secondary N) is 1. The van der Waals surface area contributed by atoms with E-state index >= 15 is 0 Å². The van der Waals surface area contributed by atoms with Crippen molar-refractivity contribution in [3.8, 4) is 11.5 Å². The van der Waals surface area contributed by atoms with E-state index in [0.717, 1.165) is 37.6 Å². The number of benzene rings is 1. The van der Waals surface area contributed by atoms with E-state index in [2.05, 4.69) is 41.0 Å². The number of likely N-dealkylation sites (N-methyl/N-ethyl adjacent to an activating group) is 1. The number of anilines is 1. The number of ether oxygens (including phenoxy) is 2. The van der Waals surface area contributed by atoms with Crippen LogP contribution in [0.15, 0.2) is 30.5 Å². The number of piperazine rings is 1. The Balaban J connectivity index is 1.60. The van der Waals surface area contributed by atoms with E-state index in [1.54, 1.807) is 12.1 Å². The van der Waals surface area contributed by atoms with Gasteiger partial charge in [-0.15, -0.1) is 0 Å². The third-order valence-electron chi connectivity index (χ3n) is 5.14. The maximum absolute atomic E-state index is 12.7. The van der Waals surface area contributed by atoms with Crippen LogP contribution in [0.25, 0.3) is 0 Å². The van der Waals surface area contributed by atoms with Crippen LogP contribution in [0.5, 0.6) is 11.5 Å². The van der Waals surface area contributed by atoms with Gasteiger partial charge in [0.05, 0.1) is 18.7 Å². The minimum atomic E-state index is -0.237. The predicted molar refractivity (Wildman–Crippen MR) is 123 cm³/mol. The third-order valence-corrected chi connectivity index (χ3v) is 5.42. The first-order valence-electron chi connectivity index (χ1n) is 10.5. The summed E-state index contributed by atoms with van der Waals surface area (Å²) in [7, 11) is 3.66. The summed E-state index contributed by atoms with van der Waals surface area (Å²) in [4.78, 5) is 21.8. The summed E-state index contributed by atoms with van der Waals surface area (Å²) in [5.41, 5.74) is 1.35. The second-order valence-electron chi connectivity index (χ2n) is 8.19. The van der Waals surface area contributed by atoms with Crippen LogP contribution in [-0.2, 0) is 6.54 Å². The van der Waals surface area contributed by atoms with Crippen molar-refractivity contribution < 1.29 is 14.3 Å². The summed E-state index contributed by atoms with van der Waals surface area (Å²) >= 11 is 6.36. The van der Waals surface area contributed by atoms with Crippen molar-refractivity contribution in [1.82, 2.24) is 15.2 Å². The molecule has 1 saturated heterocycles. The van der Waals surface area contributed by atoms with Gasteiger partial charge in [-0.05, 0) is 36.7 Å². The third kappa shape index (κ3) is 6.24. The Hall–Kier alpha value is -2.51. The van der Waals surface area contributed by atoms with Gasteiger partial charge in [-0.1, -0.05) is 31.5 Å². The smallest absolute Gasteiger partial charge is 0.251 e. The van der Waals surface area contributed by atoms with Crippen LogP contribution >= 0.6 is 11.6 Å². The second kappa shape index (κ2) is 10.7. The zero-order valence-electron chi connectivity index (χ0n) is 18.7. The topological polar surface area (TPSA) is 66.9 Å². The summed E-state index contributed by atoms with van der Waals surface area (Å²) in [6.07, 6.45) is 1.81. The lowest BCUT2D eigenvalue weighted by molar-refractivity contribution is 0.0950. The first kappa shape index (κ1) is 23.2. The molecule has 31 heavy (non-hydrogen) atoms. The molecule has 1 aromatic heterocycles. The van der Waals surface area contributed by atoms with Crippen LogP contribution in [0.4, 0.5) is 5.82 Å². The van der Waals surface area contributed by atoms with Crippen LogP contribution < -0.4 is 19.7 Å². The Bertz CT molecular complexity index is 881. The number of hydrogen-bond acceptors (Lipinski definition) is 6. The molecule has 1 aliphatic heterocycles. The first-order valence-corrected chi connectivity index (χ1v) is 10.9. The van der Waals surface area contributed by atoms with E-state index in [1.807, 2.05) is 18.3 Å². The molecular weight excluding hydrogens is 416 g/mol. The van der Waals surface area contributed by atoms with Crippen LogP contribution in [0, 0.1) is 5.92 Å². The van der Waals surface area contributed by atoms with Crippen molar-refractivity contribution in [1.29, 1.82) is 0 Å². The van der Waals surface area contributed by atoms with Crippen molar-refractivity contribution >= 4 is 23.3 Å². The van der Waals surface area contributed by atoms with Crippen LogP contribution in [0.1, 0.15) is 29.8 Å². The molecule has 8 heteroatoms. The highest BCUT2D eigenvalue weighted by Gasteiger charge is 2.17. The van der Waals surface area contributed by atoms with Crippen molar-refractivity contribution in [2.45, 2.75) is 20.4 Å². The molecule has 2 heterocycles. The highest BCUT2D eigenvalue weighted by atomic mass is 35.5. The van der Waals surface area contributed by atoms with Gasteiger partial charge in [-0.25, -0.2) is 4.98 Å². The summed E-state index contributed by atoms with van der Waals surface area (Å²) < 4.78 is 11.1. The van der Waals surface area contributed by atoms with E-state index in [4.69, 9.17) is 21.1 Å². The van der Waals surface area contributed by atoms with Gasteiger partial charge >= 0.3 is 0 Å². The molecule has 1 fully saturated rings. The lowest BCUT2D eigenvalue weighted by Gasteiger charge is -2.33.